The van der Waals surface area contributed by atoms with Gasteiger partial charge in [0.05, 0.1) is 61.1 Å². The lowest BCUT2D eigenvalue weighted by molar-refractivity contribution is -0.125. The molecule has 6 aliphatic rings. The normalized spacial score (nSPS) is 19.8. The van der Waals surface area contributed by atoms with Gasteiger partial charge in [0.25, 0.3) is 0 Å². The number of fused-ring (bicyclic) bond motifs is 2. The number of pyridine rings is 2. The van der Waals surface area contributed by atoms with Crippen LogP contribution in [0.5, 0.6) is 11.5 Å². The number of amides is 2. The summed E-state index contributed by atoms with van der Waals surface area (Å²) < 4.78 is 11.5. The number of ketones is 3. The number of methoxy groups -OCH3 is 2. The number of likely N-dealkylation sites (tertiary alicyclic amines) is 1. The maximum Gasteiger partial charge on any atom is 0.224 e. The average Bonchev–Trinajstić information content (AvgIpc) is 1.65. The molecule has 4 saturated carbocycles. The Morgan fingerprint density at radius 2 is 1.09 bits per heavy atom. The molecule has 4 aliphatic carbocycles. The number of benzene rings is 2. The zero-order valence-corrected chi connectivity index (χ0v) is 52.6. The van der Waals surface area contributed by atoms with E-state index in [4.69, 9.17) is 19.4 Å². The summed E-state index contributed by atoms with van der Waals surface area (Å²) >= 11 is 0. The number of hydrogen-bond acceptors (Lipinski definition) is 13. The number of piperidine rings is 2. The SMILES string of the molecule is CCC(=O)CCCCC[C@H](NC(=O)[C@H]1CC12CCN(C1CCC1)CC2)c1ncc(-c2cc3ccc(C)nc3cc2OC)[nH]1.CCC(=O)CCCCC[C@H](NC(=O)[C@H]1CC12CCNCC2)c1ncc(-c2cc3ccc(C)nc3cc2OC)[nH]1.O=C1CCC1. The van der Waals surface area contributed by atoms with Crippen molar-refractivity contribution in [1.82, 2.24) is 50.8 Å². The standard InChI is InChI=1S/C35H47N5O3.C31H41N5O3.C4H6O/c1-4-26(41)11-6-5-7-12-29(39-34(42)28-21-35(28)15-17-40(18-16-35)25-9-8-10-25)33-36-22-31(38-33)27-19-24-14-13-23(2)37-30(24)20-32(27)43-3;1-4-22(37)8-6-5-7-9-25(36-30(38)24-18-31(24)12-14-32-15-13-31)29-33-19-27(35-29)23-16-21-11-10-20(2)34-26(21)17-28(23)39-3;5-4-2-1-3-4/h13-14,19-20,22,25,28-29H,4-12,15-18,21H2,1-3H3,(H,36,38)(H,39,42);10-11,16-17,19,24-25,32H,4-9,12-15,18H2,1-3H3,(H,33,35)(H,36,38);1-3H2/t28-,29+;24-,25+;/m11./s1. The van der Waals surface area contributed by atoms with E-state index in [2.05, 4.69) is 65.1 Å². The Bertz CT molecular complexity index is 3360. The summed E-state index contributed by atoms with van der Waals surface area (Å²) in [6.07, 6.45) is 26.5. The summed E-state index contributed by atoms with van der Waals surface area (Å²) in [7, 11) is 3.34. The van der Waals surface area contributed by atoms with Crippen molar-refractivity contribution < 1.29 is 33.4 Å². The predicted octanol–water partition coefficient (Wildman–Crippen LogP) is 12.8. The largest absolute Gasteiger partial charge is 0.496 e. The number of Topliss-reactive ketones (excluding diaryl/α,β-unsaturated/α-hetero) is 3. The van der Waals surface area contributed by atoms with Gasteiger partial charge in [0.2, 0.25) is 11.8 Å². The molecule has 0 bridgehead atoms. The van der Waals surface area contributed by atoms with Crippen molar-refractivity contribution in [1.29, 1.82) is 0 Å². The highest BCUT2D eigenvalue weighted by atomic mass is 16.5. The number of rotatable bonds is 25. The number of H-pyrrole nitrogens is 2. The third-order valence-corrected chi connectivity index (χ3v) is 20.0. The van der Waals surface area contributed by atoms with Gasteiger partial charge in [-0.15, -0.1) is 0 Å². The number of imidazole rings is 2. The Morgan fingerprint density at radius 3 is 1.49 bits per heavy atom. The second-order valence-electron chi connectivity index (χ2n) is 25.9. The van der Waals surface area contributed by atoms with E-state index in [-0.39, 0.29) is 46.6 Å². The van der Waals surface area contributed by atoms with Crippen molar-refractivity contribution in [3.05, 3.63) is 84.0 Å². The minimum absolute atomic E-state index is 0.0928. The van der Waals surface area contributed by atoms with Gasteiger partial charge in [-0.05, 0) is 159 Å². The maximum absolute atomic E-state index is 13.7. The van der Waals surface area contributed by atoms with E-state index in [9.17, 15) is 24.0 Å². The Labute approximate surface area is 513 Å². The minimum Gasteiger partial charge on any atom is -0.496 e. The fourth-order valence-electron chi connectivity index (χ4n) is 13.6. The molecule has 12 rings (SSSR count). The molecule has 6 aromatic rings. The quantitative estimate of drug-likeness (QED) is 0.0337. The second-order valence-corrected chi connectivity index (χ2v) is 25.9. The zero-order valence-electron chi connectivity index (χ0n) is 52.6. The first-order chi connectivity index (χ1) is 42.2. The van der Waals surface area contributed by atoms with Gasteiger partial charge >= 0.3 is 0 Å². The summed E-state index contributed by atoms with van der Waals surface area (Å²) in [5.74, 6) is 4.56. The van der Waals surface area contributed by atoms with Crippen molar-refractivity contribution >= 4 is 51.0 Å². The molecule has 6 fully saturated rings. The van der Waals surface area contributed by atoms with Gasteiger partial charge in [0.1, 0.15) is 40.5 Å². The fraction of sp³-hybridized carbons (Fsp3) is 0.586. The molecular weight excluding hydrogens is 1090 g/mol. The third kappa shape index (κ3) is 15.7. The van der Waals surface area contributed by atoms with Gasteiger partial charge in [-0.3, -0.25) is 33.9 Å². The van der Waals surface area contributed by atoms with E-state index in [0.29, 0.717) is 43.0 Å². The number of nitrogens with one attached hydrogen (secondary N) is 5. The molecule has 2 spiro atoms. The number of carbonyl (C=O) groups excluding carboxylic acids is 5. The monoisotopic (exact) mass is 1190 g/mol. The van der Waals surface area contributed by atoms with Crippen LogP contribution in [0.4, 0.5) is 0 Å². The lowest BCUT2D eigenvalue weighted by Crippen LogP contribution is -2.46. The lowest BCUT2D eigenvalue weighted by Gasteiger charge is -2.42. The van der Waals surface area contributed by atoms with E-state index in [1.165, 1.54) is 19.3 Å². The summed E-state index contributed by atoms with van der Waals surface area (Å²) in [5, 5.41) is 12.2. The van der Waals surface area contributed by atoms with Crippen LogP contribution in [0.1, 0.15) is 203 Å². The molecule has 17 nitrogen and oxygen atoms in total. The molecule has 466 valence electrons. The number of nitrogens with zero attached hydrogens (tertiary/aromatic N) is 5. The fourth-order valence-corrected chi connectivity index (χ4v) is 13.6. The smallest absolute Gasteiger partial charge is 0.224 e. The van der Waals surface area contributed by atoms with Gasteiger partial charge in [0, 0.05) is 102 Å². The Hall–Kier alpha value is -6.85. The Morgan fingerprint density at radius 1 is 0.632 bits per heavy atom. The number of aryl methyl sites for hydroxylation is 2. The van der Waals surface area contributed by atoms with Crippen LogP contribution in [0.2, 0.25) is 0 Å². The van der Waals surface area contributed by atoms with Gasteiger partial charge in [-0.2, -0.15) is 0 Å². The van der Waals surface area contributed by atoms with E-state index < -0.39 is 0 Å². The topological polar surface area (TPSA) is 226 Å². The first-order valence-electron chi connectivity index (χ1n) is 32.8. The Balaban J connectivity index is 0.000000179. The van der Waals surface area contributed by atoms with Crippen LogP contribution < -0.4 is 25.4 Å². The van der Waals surface area contributed by atoms with Gasteiger partial charge < -0.3 is 40.3 Å². The van der Waals surface area contributed by atoms with Crippen molar-refractivity contribution in [2.24, 2.45) is 22.7 Å². The van der Waals surface area contributed by atoms with Crippen LogP contribution in [0.15, 0.2) is 60.9 Å². The van der Waals surface area contributed by atoms with Crippen LogP contribution in [-0.2, 0) is 24.0 Å². The van der Waals surface area contributed by atoms with Crippen LogP contribution in [0.25, 0.3) is 44.3 Å². The number of ether oxygens (including phenoxy) is 2. The number of aromatic nitrogens is 6. The highest BCUT2D eigenvalue weighted by Gasteiger charge is 2.59. The molecule has 2 amide bonds. The molecule has 2 aromatic carbocycles. The molecule has 2 saturated heterocycles. The van der Waals surface area contributed by atoms with Gasteiger partial charge in [-0.25, -0.2) is 9.97 Å². The molecular formula is C70H94N10O7. The number of aromatic amines is 2. The molecule has 5 N–H and O–H groups in total. The van der Waals surface area contributed by atoms with Crippen LogP contribution >= 0.6 is 0 Å². The van der Waals surface area contributed by atoms with E-state index >= 15 is 0 Å². The zero-order chi connectivity index (χ0) is 61.1. The molecule has 2 aliphatic heterocycles. The number of hydrogen-bond donors (Lipinski definition) is 5. The predicted molar refractivity (Wildman–Crippen MR) is 340 cm³/mol. The molecule has 17 heteroatoms. The van der Waals surface area contributed by atoms with E-state index in [1.54, 1.807) is 14.2 Å². The van der Waals surface area contributed by atoms with Crippen molar-refractivity contribution in [3.63, 3.8) is 0 Å². The first kappa shape index (κ1) is 63.2. The van der Waals surface area contributed by atoms with Gasteiger partial charge in [-0.1, -0.05) is 58.1 Å². The summed E-state index contributed by atoms with van der Waals surface area (Å²) in [6, 6.07) is 16.6. The molecule has 0 unspecified atom stereocenters. The summed E-state index contributed by atoms with van der Waals surface area (Å²) in [6.45, 7) is 12.1. The van der Waals surface area contributed by atoms with Crippen LogP contribution in [-0.4, -0.2) is 110 Å². The average molecular weight is 1190 g/mol. The molecule has 6 heterocycles. The molecule has 4 aromatic heterocycles. The number of carbonyl (C=O) groups is 5. The maximum atomic E-state index is 13.7. The lowest BCUT2D eigenvalue weighted by atomic mass is 9.85. The number of unbranched alkanes of at least 4 members (excludes halogenated alkanes) is 4. The third-order valence-electron chi connectivity index (χ3n) is 20.0. The first-order valence-corrected chi connectivity index (χ1v) is 32.8. The summed E-state index contributed by atoms with van der Waals surface area (Å²) in [5.41, 5.74) is 7.60. The van der Waals surface area contributed by atoms with Crippen molar-refractivity contribution in [2.45, 2.75) is 200 Å². The van der Waals surface area contributed by atoms with E-state index in [1.807, 2.05) is 64.4 Å². The highest BCUT2D eigenvalue weighted by molar-refractivity contribution is 5.89. The van der Waals surface area contributed by atoms with Gasteiger partial charge in [0.15, 0.2) is 0 Å². The van der Waals surface area contributed by atoms with Crippen LogP contribution in [0, 0.1) is 36.5 Å². The highest BCUT2D eigenvalue weighted by Crippen LogP contribution is 2.60. The van der Waals surface area contributed by atoms with E-state index in [0.717, 1.165) is 220 Å². The minimum atomic E-state index is -0.205. The van der Waals surface area contributed by atoms with Crippen molar-refractivity contribution in [3.8, 4) is 34.0 Å². The molecule has 87 heavy (non-hydrogen) atoms. The second kappa shape index (κ2) is 29.0. The van der Waals surface area contributed by atoms with Crippen molar-refractivity contribution in [2.75, 3.05) is 40.4 Å². The Kier molecular flexibility index (Phi) is 21.0. The summed E-state index contributed by atoms with van der Waals surface area (Å²) in [4.78, 5) is 88.9. The molecule has 4 atom stereocenters. The molecule has 0 radical (unpaired) electrons. The van der Waals surface area contributed by atoms with Crippen LogP contribution in [0.3, 0.4) is 0 Å².